The number of nitrogens with one attached hydrogen (secondary N) is 1. The third kappa shape index (κ3) is 2.64. The Kier molecular flexibility index (Phi) is 3.63. The van der Waals surface area contributed by atoms with Crippen LogP contribution in [-0.4, -0.2) is 35.7 Å². The molecule has 0 amide bonds. The maximum absolute atomic E-state index is 5.40. The van der Waals surface area contributed by atoms with Gasteiger partial charge >= 0.3 is 0 Å². The van der Waals surface area contributed by atoms with Gasteiger partial charge in [-0.05, 0) is 18.6 Å². The van der Waals surface area contributed by atoms with Crippen LogP contribution >= 0.6 is 11.8 Å². The Bertz CT molecular complexity index is 327. The van der Waals surface area contributed by atoms with Crippen molar-refractivity contribution in [3.05, 3.63) is 11.7 Å². The largest absolute Gasteiger partial charge is 0.378 e. The molecule has 0 spiro atoms. The summed E-state index contributed by atoms with van der Waals surface area (Å²) in [6.45, 7) is 2.25. The molecule has 94 valence electrons. The number of morpholine rings is 1. The van der Waals surface area contributed by atoms with Gasteiger partial charge in [0, 0.05) is 6.54 Å². The molecule has 0 aromatic carbocycles. The van der Waals surface area contributed by atoms with Crippen molar-refractivity contribution in [3.63, 3.8) is 0 Å². The lowest BCUT2D eigenvalue weighted by atomic mass is 10.2. The highest BCUT2D eigenvalue weighted by atomic mass is 32.2. The van der Waals surface area contributed by atoms with Crippen molar-refractivity contribution in [2.75, 3.05) is 25.5 Å². The molecule has 2 unspecified atom stereocenters. The zero-order chi connectivity index (χ0) is 11.5. The van der Waals surface area contributed by atoms with Gasteiger partial charge in [-0.1, -0.05) is 11.6 Å². The highest BCUT2D eigenvalue weighted by Gasteiger charge is 2.25. The number of rotatable bonds is 2. The van der Waals surface area contributed by atoms with Gasteiger partial charge in [0.25, 0.3) is 0 Å². The lowest BCUT2D eigenvalue weighted by Gasteiger charge is -2.20. The summed E-state index contributed by atoms with van der Waals surface area (Å²) in [6, 6.07) is 0.0924. The number of thioether (sulfide) groups is 1. The molecule has 0 aliphatic carbocycles. The highest BCUT2D eigenvalue weighted by molar-refractivity contribution is 7.99. The summed E-state index contributed by atoms with van der Waals surface area (Å²) < 4.78 is 10.8. The number of hydrogen-bond donors (Lipinski definition) is 1. The Labute approximate surface area is 105 Å². The van der Waals surface area contributed by atoms with Crippen molar-refractivity contribution in [2.45, 2.75) is 30.6 Å². The summed E-state index contributed by atoms with van der Waals surface area (Å²) in [6.07, 6.45) is 3.72. The first-order valence-electron chi connectivity index (χ1n) is 6.20. The average molecular weight is 255 g/mol. The van der Waals surface area contributed by atoms with Crippen molar-refractivity contribution in [2.24, 2.45) is 0 Å². The second kappa shape index (κ2) is 5.37. The Morgan fingerprint density at radius 1 is 1.35 bits per heavy atom. The molecule has 3 heterocycles. The third-order valence-electron chi connectivity index (χ3n) is 3.15. The quantitative estimate of drug-likeness (QED) is 0.867. The first-order valence-corrected chi connectivity index (χ1v) is 7.24. The van der Waals surface area contributed by atoms with Crippen LogP contribution in [0.4, 0.5) is 0 Å². The molecule has 2 aliphatic heterocycles. The molecular weight excluding hydrogens is 238 g/mol. The van der Waals surface area contributed by atoms with Crippen LogP contribution in [-0.2, 0) is 4.74 Å². The van der Waals surface area contributed by atoms with Crippen LogP contribution in [0.2, 0.25) is 0 Å². The van der Waals surface area contributed by atoms with Crippen molar-refractivity contribution < 1.29 is 9.26 Å². The van der Waals surface area contributed by atoms with E-state index in [2.05, 4.69) is 15.5 Å². The molecule has 0 radical (unpaired) electrons. The van der Waals surface area contributed by atoms with Gasteiger partial charge in [-0.3, -0.25) is 0 Å². The summed E-state index contributed by atoms with van der Waals surface area (Å²) >= 11 is 1.93. The molecule has 1 aromatic rings. The lowest BCUT2D eigenvalue weighted by Crippen LogP contribution is -2.35. The fourth-order valence-corrected chi connectivity index (χ4v) is 3.41. The minimum atomic E-state index is 0.0924. The molecule has 6 heteroatoms. The predicted molar refractivity (Wildman–Crippen MR) is 64.9 cm³/mol. The average Bonchev–Trinajstić information content (AvgIpc) is 2.90. The third-order valence-corrected chi connectivity index (χ3v) is 4.51. The van der Waals surface area contributed by atoms with Gasteiger partial charge in [0.15, 0.2) is 5.82 Å². The molecule has 17 heavy (non-hydrogen) atoms. The van der Waals surface area contributed by atoms with E-state index in [1.807, 2.05) is 11.8 Å². The van der Waals surface area contributed by atoms with Crippen LogP contribution in [0.25, 0.3) is 0 Å². The number of ether oxygens (including phenoxy) is 1. The van der Waals surface area contributed by atoms with Crippen LogP contribution < -0.4 is 5.32 Å². The van der Waals surface area contributed by atoms with Crippen LogP contribution in [0.3, 0.4) is 0 Å². The maximum Gasteiger partial charge on any atom is 0.239 e. The summed E-state index contributed by atoms with van der Waals surface area (Å²) in [5, 5.41) is 7.81. The van der Waals surface area contributed by atoms with Crippen LogP contribution in [0.5, 0.6) is 0 Å². The lowest BCUT2D eigenvalue weighted by molar-refractivity contribution is 0.0734. The Balaban J connectivity index is 1.68. The van der Waals surface area contributed by atoms with Gasteiger partial charge in [-0.2, -0.15) is 4.98 Å². The zero-order valence-corrected chi connectivity index (χ0v) is 10.5. The van der Waals surface area contributed by atoms with Crippen molar-refractivity contribution in [1.29, 1.82) is 0 Å². The normalized spacial score (nSPS) is 30.4. The van der Waals surface area contributed by atoms with E-state index >= 15 is 0 Å². The zero-order valence-electron chi connectivity index (χ0n) is 9.72. The fourth-order valence-electron chi connectivity index (χ4n) is 2.19. The second-order valence-electron chi connectivity index (χ2n) is 4.43. The van der Waals surface area contributed by atoms with Crippen molar-refractivity contribution >= 4 is 11.8 Å². The second-order valence-corrected chi connectivity index (χ2v) is 5.74. The minimum Gasteiger partial charge on any atom is -0.378 e. The molecule has 2 fully saturated rings. The van der Waals surface area contributed by atoms with Gasteiger partial charge in [0.2, 0.25) is 5.89 Å². The van der Waals surface area contributed by atoms with E-state index in [1.165, 1.54) is 18.6 Å². The molecule has 2 atom stereocenters. The van der Waals surface area contributed by atoms with E-state index in [9.17, 15) is 0 Å². The van der Waals surface area contributed by atoms with Crippen molar-refractivity contribution in [3.8, 4) is 0 Å². The predicted octanol–water partition coefficient (Wildman–Crippen LogP) is 1.69. The molecule has 1 aromatic heterocycles. The number of nitrogens with zero attached hydrogens (tertiary/aromatic N) is 2. The summed E-state index contributed by atoms with van der Waals surface area (Å²) in [5.41, 5.74) is 0. The van der Waals surface area contributed by atoms with Crippen LogP contribution in [0, 0.1) is 0 Å². The summed E-state index contributed by atoms with van der Waals surface area (Å²) in [7, 11) is 0. The van der Waals surface area contributed by atoms with E-state index in [0.29, 0.717) is 11.9 Å². The monoisotopic (exact) mass is 255 g/mol. The Morgan fingerprint density at radius 2 is 2.35 bits per heavy atom. The minimum absolute atomic E-state index is 0.0924. The first-order chi connectivity index (χ1) is 8.43. The molecule has 0 bridgehead atoms. The smallest absolute Gasteiger partial charge is 0.239 e. The van der Waals surface area contributed by atoms with E-state index in [-0.39, 0.29) is 6.04 Å². The molecule has 3 rings (SSSR count). The van der Waals surface area contributed by atoms with Gasteiger partial charge in [-0.15, -0.1) is 11.8 Å². The summed E-state index contributed by atoms with van der Waals surface area (Å²) in [4.78, 5) is 4.52. The standard InChI is InChI=1S/C11H17N3O2S/c1-2-6-17-9(3-1)11-13-10(14-16-11)8-7-15-5-4-12-8/h8-9,12H,1-7H2. The molecule has 5 nitrogen and oxygen atoms in total. The van der Waals surface area contributed by atoms with E-state index in [1.54, 1.807) is 0 Å². The van der Waals surface area contributed by atoms with E-state index < -0.39 is 0 Å². The Morgan fingerprint density at radius 3 is 3.12 bits per heavy atom. The van der Waals surface area contributed by atoms with Crippen LogP contribution in [0.1, 0.15) is 42.3 Å². The fraction of sp³-hybridized carbons (Fsp3) is 0.818. The van der Waals surface area contributed by atoms with E-state index in [4.69, 9.17) is 9.26 Å². The molecular formula is C11H17N3O2S. The molecule has 2 aliphatic rings. The number of aromatic nitrogens is 2. The van der Waals surface area contributed by atoms with Gasteiger partial charge in [0.1, 0.15) is 0 Å². The SMILES string of the molecule is C1CCC(c2nc(C3COCCN3)no2)SC1. The topological polar surface area (TPSA) is 60.2 Å². The molecule has 2 saturated heterocycles. The van der Waals surface area contributed by atoms with Gasteiger partial charge < -0.3 is 14.6 Å². The van der Waals surface area contributed by atoms with Gasteiger partial charge in [0.05, 0.1) is 24.5 Å². The Hall–Kier alpha value is -0.590. The van der Waals surface area contributed by atoms with Crippen LogP contribution in [0.15, 0.2) is 4.52 Å². The summed E-state index contributed by atoms with van der Waals surface area (Å²) in [5.74, 6) is 2.73. The molecule has 1 N–H and O–H groups in total. The first kappa shape index (κ1) is 11.5. The van der Waals surface area contributed by atoms with Gasteiger partial charge in [-0.25, -0.2) is 0 Å². The highest BCUT2D eigenvalue weighted by Crippen LogP contribution is 2.37. The maximum atomic E-state index is 5.40. The van der Waals surface area contributed by atoms with E-state index in [0.717, 1.165) is 31.3 Å². The molecule has 0 saturated carbocycles. The van der Waals surface area contributed by atoms with Crippen molar-refractivity contribution in [1.82, 2.24) is 15.5 Å². The number of hydrogen-bond acceptors (Lipinski definition) is 6.